The molecule has 0 saturated heterocycles. The fourth-order valence-electron chi connectivity index (χ4n) is 1.99. The van der Waals surface area contributed by atoms with Crippen LogP contribution in [0.4, 0.5) is 11.4 Å². The first-order valence-corrected chi connectivity index (χ1v) is 8.33. The number of carbonyl (C=O) groups is 2. The Labute approximate surface area is 147 Å². The van der Waals surface area contributed by atoms with Gasteiger partial charge in [0.15, 0.2) is 3.77 Å². The summed E-state index contributed by atoms with van der Waals surface area (Å²) < 4.78 is 6.11. The van der Waals surface area contributed by atoms with Crippen LogP contribution in [0.3, 0.4) is 0 Å². The summed E-state index contributed by atoms with van der Waals surface area (Å²) in [5.41, 5.74) is 1.40. The summed E-state index contributed by atoms with van der Waals surface area (Å²) in [7, 11) is 0. The van der Waals surface area contributed by atoms with E-state index in [1.54, 1.807) is 36.4 Å². The molecule has 0 spiro atoms. The van der Waals surface area contributed by atoms with Crippen molar-refractivity contribution in [3.05, 3.63) is 52.0 Å². The van der Waals surface area contributed by atoms with Gasteiger partial charge in [-0.15, -0.1) is 0 Å². The number of hydrogen-bond acceptors (Lipinski definition) is 3. The molecule has 2 amide bonds. The van der Waals surface area contributed by atoms with Gasteiger partial charge in [-0.25, -0.2) is 0 Å². The van der Waals surface area contributed by atoms with Gasteiger partial charge in [-0.2, -0.15) is 0 Å². The third-order valence-corrected chi connectivity index (χ3v) is 3.94. The molecule has 6 heteroatoms. The third kappa shape index (κ3) is 4.69. The summed E-state index contributed by atoms with van der Waals surface area (Å²) in [6.45, 7) is 0. The molecule has 2 N–H and O–H groups in total. The Balaban J connectivity index is 1.53. The average molecular weight is 422 g/mol. The van der Waals surface area contributed by atoms with E-state index in [2.05, 4.69) is 33.2 Å². The van der Waals surface area contributed by atoms with Gasteiger partial charge in [0.05, 0.1) is 0 Å². The number of benzene rings is 1. The first kappa shape index (κ1) is 15.8. The van der Waals surface area contributed by atoms with Crippen molar-refractivity contribution < 1.29 is 14.0 Å². The summed E-state index contributed by atoms with van der Waals surface area (Å²) in [5.74, 6) is 0.621. The van der Waals surface area contributed by atoms with Gasteiger partial charge in [-0.05, 0) is 77.9 Å². The smallest absolute Gasteiger partial charge is 0.248 e. The van der Waals surface area contributed by atoms with Gasteiger partial charge < -0.3 is 15.1 Å². The molecule has 23 heavy (non-hydrogen) atoms. The zero-order chi connectivity index (χ0) is 16.2. The van der Waals surface area contributed by atoms with Crippen LogP contribution in [-0.4, -0.2) is 11.8 Å². The average Bonchev–Trinajstić information content (AvgIpc) is 3.30. The lowest BCUT2D eigenvalue weighted by atomic mass is 10.2. The van der Waals surface area contributed by atoms with Crippen LogP contribution in [0, 0.1) is 9.68 Å². The largest absolute Gasteiger partial charge is 0.451 e. The molecule has 0 radical (unpaired) electrons. The monoisotopic (exact) mass is 422 g/mol. The maximum absolute atomic E-state index is 11.8. The molecule has 1 aliphatic carbocycles. The van der Waals surface area contributed by atoms with E-state index < -0.39 is 0 Å². The van der Waals surface area contributed by atoms with Crippen LogP contribution >= 0.6 is 22.6 Å². The van der Waals surface area contributed by atoms with E-state index in [1.165, 1.54) is 6.08 Å². The SMILES string of the molecule is O=C(/C=C/c1ccc(I)o1)Nc1ccc(NC(=O)C2CC2)cc1. The number of anilines is 2. The molecule has 1 saturated carbocycles. The van der Waals surface area contributed by atoms with Gasteiger partial charge in [0.1, 0.15) is 5.76 Å². The summed E-state index contributed by atoms with van der Waals surface area (Å²) in [4.78, 5) is 23.5. The Morgan fingerprint density at radius 1 is 1.04 bits per heavy atom. The second-order valence-corrected chi connectivity index (χ2v) is 6.37. The van der Waals surface area contributed by atoms with Crippen molar-refractivity contribution in [1.29, 1.82) is 0 Å². The molecule has 118 valence electrons. The molecule has 1 heterocycles. The van der Waals surface area contributed by atoms with Gasteiger partial charge in [0.2, 0.25) is 11.8 Å². The molecular weight excluding hydrogens is 407 g/mol. The lowest BCUT2D eigenvalue weighted by Gasteiger charge is -2.06. The van der Waals surface area contributed by atoms with Gasteiger partial charge in [-0.1, -0.05) is 0 Å². The Bertz CT molecular complexity index is 745. The second-order valence-electron chi connectivity index (χ2n) is 5.31. The van der Waals surface area contributed by atoms with Crippen molar-refractivity contribution in [2.75, 3.05) is 10.6 Å². The van der Waals surface area contributed by atoms with Crippen LogP contribution in [0.15, 0.2) is 46.9 Å². The van der Waals surface area contributed by atoms with Crippen LogP contribution in [0.25, 0.3) is 6.08 Å². The molecule has 0 unspecified atom stereocenters. The molecule has 1 fully saturated rings. The summed E-state index contributed by atoms with van der Waals surface area (Å²) in [6, 6.07) is 10.7. The number of carbonyl (C=O) groups excluding carboxylic acids is 2. The van der Waals surface area contributed by atoms with Crippen LogP contribution in [-0.2, 0) is 9.59 Å². The minimum Gasteiger partial charge on any atom is -0.451 e. The predicted molar refractivity (Wildman–Crippen MR) is 96.9 cm³/mol. The van der Waals surface area contributed by atoms with Crippen molar-refractivity contribution in [2.24, 2.45) is 5.92 Å². The lowest BCUT2D eigenvalue weighted by Crippen LogP contribution is -2.13. The highest BCUT2D eigenvalue weighted by molar-refractivity contribution is 14.1. The first-order valence-electron chi connectivity index (χ1n) is 7.25. The quantitative estimate of drug-likeness (QED) is 0.568. The van der Waals surface area contributed by atoms with Crippen LogP contribution in [0.5, 0.6) is 0 Å². The highest BCUT2D eigenvalue weighted by atomic mass is 127. The molecule has 0 aliphatic heterocycles. The van der Waals surface area contributed by atoms with Crippen molar-refractivity contribution in [2.45, 2.75) is 12.8 Å². The van der Waals surface area contributed by atoms with Crippen LogP contribution in [0.2, 0.25) is 0 Å². The molecule has 2 aromatic rings. The highest BCUT2D eigenvalue weighted by Crippen LogP contribution is 2.30. The van der Waals surface area contributed by atoms with E-state index in [-0.39, 0.29) is 17.7 Å². The third-order valence-electron chi connectivity index (χ3n) is 3.36. The highest BCUT2D eigenvalue weighted by Gasteiger charge is 2.29. The summed E-state index contributed by atoms with van der Waals surface area (Å²) in [6.07, 6.45) is 4.97. The second kappa shape index (κ2) is 6.99. The lowest BCUT2D eigenvalue weighted by molar-refractivity contribution is -0.117. The minimum atomic E-state index is -0.244. The predicted octanol–water partition coefficient (Wildman–Crippen LogP) is 3.88. The van der Waals surface area contributed by atoms with E-state index in [0.717, 1.165) is 22.3 Å². The number of halogens is 1. The summed E-state index contributed by atoms with van der Waals surface area (Å²) in [5, 5.41) is 5.61. The van der Waals surface area contributed by atoms with Gasteiger partial charge in [0, 0.05) is 23.4 Å². The van der Waals surface area contributed by atoms with Gasteiger partial charge in [-0.3, -0.25) is 9.59 Å². The number of furan rings is 1. The Kier molecular flexibility index (Phi) is 4.80. The Hall–Kier alpha value is -2.09. The molecular formula is C17H15IN2O3. The Morgan fingerprint density at radius 3 is 2.26 bits per heavy atom. The standard InChI is InChI=1S/C17H15IN2O3/c18-15-9-7-14(23-15)8-10-16(21)19-12-3-5-13(6-4-12)20-17(22)11-1-2-11/h3-11H,1-2H2,(H,19,21)(H,20,22)/b10-8+. The van der Waals surface area contributed by atoms with E-state index in [4.69, 9.17) is 4.42 Å². The number of amides is 2. The van der Waals surface area contributed by atoms with Crippen molar-refractivity contribution in [1.82, 2.24) is 0 Å². The van der Waals surface area contributed by atoms with Crippen LogP contribution in [0.1, 0.15) is 18.6 Å². The van der Waals surface area contributed by atoms with E-state index in [1.807, 2.05) is 6.07 Å². The zero-order valence-corrected chi connectivity index (χ0v) is 14.4. The normalized spacial score (nSPS) is 14.0. The van der Waals surface area contributed by atoms with E-state index in [0.29, 0.717) is 11.4 Å². The molecule has 1 aromatic carbocycles. The van der Waals surface area contributed by atoms with Gasteiger partial charge >= 0.3 is 0 Å². The fourth-order valence-corrected chi connectivity index (χ4v) is 2.42. The maximum atomic E-state index is 11.8. The van der Waals surface area contributed by atoms with Crippen molar-refractivity contribution >= 4 is 51.9 Å². The number of rotatable bonds is 5. The van der Waals surface area contributed by atoms with Crippen LogP contribution < -0.4 is 10.6 Å². The zero-order valence-electron chi connectivity index (χ0n) is 12.2. The minimum absolute atomic E-state index is 0.0674. The van der Waals surface area contributed by atoms with Crippen molar-refractivity contribution in [3.63, 3.8) is 0 Å². The molecule has 0 bridgehead atoms. The molecule has 1 aromatic heterocycles. The topological polar surface area (TPSA) is 71.3 Å². The first-order chi connectivity index (χ1) is 11.1. The molecule has 5 nitrogen and oxygen atoms in total. The molecule has 1 aliphatic rings. The van der Waals surface area contributed by atoms with E-state index >= 15 is 0 Å². The van der Waals surface area contributed by atoms with Gasteiger partial charge in [0.25, 0.3) is 0 Å². The molecule has 3 rings (SSSR count). The molecule has 0 atom stereocenters. The number of hydrogen-bond donors (Lipinski definition) is 2. The van der Waals surface area contributed by atoms with Crippen molar-refractivity contribution in [3.8, 4) is 0 Å². The fraction of sp³-hybridized carbons (Fsp3) is 0.176. The maximum Gasteiger partial charge on any atom is 0.248 e. The van der Waals surface area contributed by atoms with E-state index in [9.17, 15) is 9.59 Å². The number of nitrogens with one attached hydrogen (secondary N) is 2. The Morgan fingerprint density at radius 2 is 1.70 bits per heavy atom. The summed E-state index contributed by atoms with van der Waals surface area (Å²) >= 11 is 2.06.